The van der Waals surface area contributed by atoms with Crippen molar-refractivity contribution in [2.75, 3.05) is 0 Å². The molecule has 9 heteroatoms. The van der Waals surface area contributed by atoms with E-state index < -0.39 is 17.8 Å². The van der Waals surface area contributed by atoms with Gasteiger partial charge in [-0.15, -0.1) is 5.10 Å². The number of aromatic amines is 1. The molecule has 2 rings (SSSR count). The van der Waals surface area contributed by atoms with Crippen LogP contribution in [0.3, 0.4) is 0 Å². The normalized spacial score (nSPS) is 12.2. The average Bonchev–Trinajstić information content (AvgIpc) is 2.70. The van der Waals surface area contributed by atoms with E-state index >= 15 is 0 Å². The highest BCUT2D eigenvalue weighted by Gasteiger charge is 2.37. The lowest BCUT2D eigenvalue weighted by Crippen LogP contribution is -2.12. The van der Waals surface area contributed by atoms with Gasteiger partial charge in [-0.25, -0.2) is 9.49 Å². The lowest BCUT2D eigenvalue weighted by Gasteiger charge is -2.03. The number of hydrogen-bond acceptors (Lipinski definition) is 3. The van der Waals surface area contributed by atoms with Crippen molar-refractivity contribution in [3.63, 3.8) is 0 Å². The van der Waals surface area contributed by atoms with Crippen molar-refractivity contribution in [1.82, 2.24) is 14.9 Å². The van der Waals surface area contributed by atoms with Crippen LogP contribution in [0.25, 0.3) is 0 Å². The molecule has 2 aromatic rings. The number of nitrogens with zero attached hydrogens (tertiary/aromatic N) is 3. The fourth-order valence-electron chi connectivity index (χ4n) is 1.26. The van der Waals surface area contributed by atoms with Gasteiger partial charge in [-0.2, -0.15) is 22.9 Å². The molecule has 0 unspecified atom stereocenters. The molecule has 1 N–H and O–H groups in total. The van der Waals surface area contributed by atoms with Crippen LogP contribution in [-0.2, 0) is 6.18 Å². The molecule has 100 valence electrons. The zero-order valence-electron chi connectivity index (χ0n) is 9.15. The van der Waals surface area contributed by atoms with Crippen molar-refractivity contribution in [2.24, 2.45) is 5.10 Å². The minimum atomic E-state index is -4.67. The number of halogens is 4. The monoisotopic (exact) mass is 290 g/mol. The third-order valence-electron chi connectivity index (χ3n) is 2.10. The van der Waals surface area contributed by atoms with Gasteiger partial charge in [-0.3, -0.25) is 0 Å². The highest BCUT2D eigenvalue weighted by molar-refractivity contribution is 7.71. The summed E-state index contributed by atoms with van der Waals surface area (Å²) >= 11 is 4.65. The quantitative estimate of drug-likeness (QED) is 0.525. The van der Waals surface area contributed by atoms with Crippen LogP contribution in [0.5, 0.6) is 0 Å². The molecule has 4 nitrogen and oxygen atoms in total. The summed E-state index contributed by atoms with van der Waals surface area (Å²) in [6, 6.07) is 5.08. The van der Waals surface area contributed by atoms with Gasteiger partial charge in [0.25, 0.3) is 5.82 Å². The molecule has 0 saturated heterocycles. The summed E-state index contributed by atoms with van der Waals surface area (Å²) in [6.07, 6.45) is -3.55. The minimum absolute atomic E-state index is 0.286. The summed E-state index contributed by atoms with van der Waals surface area (Å²) in [5.41, 5.74) is 0.428. The van der Waals surface area contributed by atoms with Crippen LogP contribution in [0.15, 0.2) is 29.4 Å². The second kappa shape index (κ2) is 4.92. The van der Waals surface area contributed by atoms with Gasteiger partial charge in [0, 0.05) is 0 Å². The molecular weight excluding hydrogens is 284 g/mol. The molecule has 0 saturated carbocycles. The summed E-state index contributed by atoms with van der Waals surface area (Å²) in [5.74, 6) is -1.70. The fourth-order valence-corrected chi connectivity index (χ4v) is 1.43. The molecule has 19 heavy (non-hydrogen) atoms. The van der Waals surface area contributed by atoms with Gasteiger partial charge in [0.15, 0.2) is 0 Å². The van der Waals surface area contributed by atoms with E-state index in [1.54, 1.807) is 0 Å². The zero-order valence-corrected chi connectivity index (χ0v) is 9.96. The van der Waals surface area contributed by atoms with Crippen LogP contribution in [0.2, 0.25) is 0 Å². The maximum atomic E-state index is 12.7. The van der Waals surface area contributed by atoms with Gasteiger partial charge in [0.05, 0.1) is 6.21 Å². The van der Waals surface area contributed by atoms with Crippen molar-refractivity contribution in [3.8, 4) is 0 Å². The first-order valence-electron chi connectivity index (χ1n) is 4.92. The number of rotatable bonds is 2. The van der Waals surface area contributed by atoms with E-state index in [0.717, 1.165) is 6.21 Å². The molecule has 0 spiro atoms. The zero-order chi connectivity index (χ0) is 14.0. The van der Waals surface area contributed by atoms with Crippen LogP contribution in [0, 0.1) is 10.6 Å². The Labute approximate surface area is 109 Å². The van der Waals surface area contributed by atoms with Crippen molar-refractivity contribution in [1.29, 1.82) is 0 Å². The van der Waals surface area contributed by atoms with Gasteiger partial charge < -0.3 is 0 Å². The molecular formula is C10H6F4N4S. The van der Waals surface area contributed by atoms with E-state index in [0.29, 0.717) is 10.2 Å². The van der Waals surface area contributed by atoms with E-state index in [1.807, 2.05) is 5.10 Å². The lowest BCUT2D eigenvalue weighted by molar-refractivity contribution is -0.147. The first kappa shape index (κ1) is 13.4. The van der Waals surface area contributed by atoms with Crippen LogP contribution in [0.4, 0.5) is 17.6 Å². The Morgan fingerprint density at radius 3 is 2.47 bits per heavy atom. The molecule has 0 fully saturated rings. The second-order valence-corrected chi connectivity index (χ2v) is 3.84. The third-order valence-corrected chi connectivity index (χ3v) is 2.36. The molecule has 0 radical (unpaired) electrons. The molecule has 0 aliphatic carbocycles. The summed E-state index contributed by atoms with van der Waals surface area (Å²) in [4.78, 5) is 0. The smallest absolute Gasteiger partial charge is 0.250 e. The van der Waals surface area contributed by atoms with Gasteiger partial charge >= 0.3 is 6.18 Å². The highest BCUT2D eigenvalue weighted by Crippen LogP contribution is 2.27. The number of alkyl halides is 3. The maximum absolute atomic E-state index is 12.7. The molecule has 1 aromatic heterocycles. The molecule has 0 bridgehead atoms. The Morgan fingerprint density at radius 1 is 1.26 bits per heavy atom. The lowest BCUT2D eigenvalue weighted by atomic mass is 10.2. The van der Waals surface area contributed by atoms with Gasteiger partial charge in [0.1, 0.15) is 5.82 Å². The SMILES string of the molecule is Fc1ccc(/C=N\n2c(C(F)(F)F)n[nH]c2=S)cc1. The summed E-state index contributed by atoms with van der Waals surface area (Å²) in [6.45, 7) is 0. The van der Waals surface area contributed by atoms with Gasteiger partial charge in [0.2, 0.25) is 4.77 Å². The first-order valence-corrected chi connectivity index (χ1v) is 5.33. The maximum Gasteiger partial charge on any atom is 0.453 e. The topological polar surface area (TPSA) is 46.0 Å². The Kier molecular flexibility index (Phi) is 3.47. The summed E-state index contributed by atoms with van der Waals surface area (Å²) < 4.78 is 50.5. The van der Waals surface area contributed by atoms with E-state index in [-0.39, 0.29) is 4.77 Å². The van der Waals surface area contributed by atoms with Crippen molar-refractivity contribution in [2.45, 2.75) is 6.18 Å². The van der Waals surface area contributed by atoms with Gasteiger partial charge in [-0.1, -0.05) is 12.1 Å². The molecule has 0 aliphatic heterocycles. The number of hydrogen-bond donors (Lipinski definition) is 1. The standard InChI is InChI=1S/C10H6F4N4S/c11-7-3-1-6(2-4-7)5-15-18-8(10(12,13)14)16-17-9(18)19/h1-5H,(H,17,19)/b15-5-. The number of H-pyrrole nitrogens is 1. The van der Waals surface area contributed by atoms with E-state index in [4.69, 9.17) is 0 Å². The number of nitrogens with one attached hydrogen (secondary N) is 1. The highest BCUT2D eigenvalue weighted by atomic mass is 32.1. The van der Waals surface area contributed by atoms with Crippen LogP contribution < -0.4 is 0 Å². The van der Waals surface area contributed by atoms with E-state index in [9.17, 15) is 17.6 Å². The van der Waals surface area contributed by atoms with Crippen molar-refractivity contribution < 1.29 is 17.6 Å². The van der Waals surface area contributed by atoms with Crippen LogP contribution >= 0.6 is 12.2 Å². The average molecular weight is 290 g/mol. The number of aromatic nitrogens is 3. The van der Waals surface area contributed by atoms with Crippen LogP contribution in [0.1, 0.15) is 11.4 Å². The second-order valence-electron chi connectivity index (χ2n) is 3.46. The van der Waals surface area contributed by atoms with Crippen LogP contribution in [-0.4, -0.2) is 21.1 Å². The summed E-state index contributed by atoms with van der Waals surface area (Å²) in [7, 11) is 0. The predicted octanol–water partition coefficient (Wildman–Crippen LogP) is 2.98. The van der Waals surface area contributed by atoms with E-state index in [1.165, 1.54) is 24.3 Å². The Morgan fingerprint density at radius 2 is 1.89 bits per heavy atom. The first-order chi connectivity index (χ1) is 8.88. The molecule has 0 aliphatic rings. The molecule has 1 aromatic carbocycles. The Balaban J connectivity index is 2.36. The van der Waals surface area contributed by atoms with Crippen molar-refractivity contribution >= 4 is 18.4 Å². The Bertz CT molecular complexity index is 653. The van der Waals surface area contributed by atoms with E-state index in [2.05, 4.69) is 22.4 Å². The van der Waals surface area contributed by atoms with Crippen molar-refractivity contribution in [3.05, 3.63) is 46.2 Å². The van der Waals surface area contributed by atoms with Gasteiger partial charge in [-0.05, 0) is 29.9 Å². The number of benzene rings is 1. The molecule has 0 amide bonds. The summed E-state index contributed by atoms with van der Waals surface area (Å²) in [5, 5.41) is 8.66. The molecule has 0 atom stereocenters. The fraction of sp³-hybridized carbons (Fsp3) is 0.100. The largest absolute Gasteiger partial charge is 0.453 e. The Hall–Kier alpha value is -2.03. The third kappa shape index (κ3) is 3.05. The minimum Gasteiger partial charge on any atom is -0.250 e. The predicted molar refractivity (Wildman–Crippen MR) is 61.8 cm³/mol. The molecule has 1 heterocycles.